The summed E-state index contributed by atoms with van der Waals surface area (Å²) in [5.41, 5.74) is -0.901. The van der Waals surface area contributed by atoms with E-state index in [1.165, 1.54) is 11.8 Å². The van der Waals surface area contributed by atoms with Crippen LogP contribution in [0.4, 0.5) is 0 Å². The van der Waals surface area contributed by atoms with Gasteiger partial charge in [-0.3, -0.25) is 14.4 Å². The van der Waals surface area contributed by atoms with Crippen LogP contribution >= 0.6 is 11.8 Å². The van der Waals surface area contributed by atoms with Crippen molar-refractivity contribution in [2.24, 2.45) is 5.41 Å². The van der Waals surface area contributed by atoms with Gasteiger partial charge in [-0.2, -0.15) is 0 Å². The SMILES string of the molecule is CCC(C)NC(=O)C1CSCN1C(=O)CC1(C(=O)O)CCC1. The van der Waals surface area contributed by atoms with Gasteiger partial charge in [0.15, 0.2) is 0 Å². The van der Waals surface area contributed by atoms with E-state index in [2.05, 4.69) is 5.32 Å². The minimum absolute atomic E-state index is 0.00993. The lowest BCUT2D eigenvalue weighted by Crippen LogP contribution is -2.51. The molecule has 1 aliphatic carbocycles. The van der Waals surface area contributed by atoms with Gasteiger partial charge in [0.2, 0.25) is 11.8 Å². The second kappa shape index (κ2) is 6.89. The van der Waals surface area contributed by atoms with Gasteiger partial charge in [0.25, 0.3) is 0 Å². The fraction of sp³-hybridized carbons (Fsp3) is 0.800. The number of nitrogens with one attached hydrogen (secondary N) is 1. The van der Waals surface area contributed by atoms with Gasteiger partial charge < -0.3 is 15.3 Å². The van der Waals surface area contributed by atoms with E-state index in [0.29, 0.717) is 24.5 Å². The molecule has 124 valence electrons. The first kappa shape index (κ1) is 17.1. The van der Waals surface area contributed by atoms with E-state index in [-0.39, 0.29) is 24.3 Å². The molecule has 22 heavy (non-hydrogen) atoms. The first-order valence-corrected chi connectivity index (χ1v) is 8.96. The Labute approximate surface area is 135 Å². The fourth-order valence-electron chi connectivity index (χ4n) is 2.81. The number of hydrogen-bond acceptors (Lipinski definition) is 4. The van der Waals surface area contributed by atoms with Crippen LogP contribution in [0, 0.1) is 5.41 Å². The van der Waals surface area contributed by atoms with E-state index in [1.807, 2.05) is 13.8 Å². The fourth-order valence-corrected chi connectivity index (χ4v) is 3.99. The summed E-state index contributed by atoms with van der Waals surface area (Å²) in [5, 5.41) is 12.3. The maximum absolute atomic E-state index is 12.5. The Bertz CT molecular complexity index is 464. The molecule has 2 rings (SSSR count). The molecule has 2 atom stereocenters. The van der Waals surface area contributed by atoms with E-state index in [4.69, 9.17) is 0 Å². The summed E-state index contributed by atoms with van der Waals surface area (Å²) in [6, 6.07) is -0.399. The Balaban J connectivity index is 1.99. The highest BCUT2D eigenvalue weighted by Crippen LogP contribution is 2.45. The van der Waals surface area contributed by atoms with Crippen molar-refractivity contribution in [2.45, 2.75) is 58.0 Å². The number of aliphatic carboxylic acids is 1. The third-order valence-electron chi connectivity index (χ3n) is 4.76. The summed E-state index contributed by atoms with van der Waals surface area (Å²) >= 11 is 1.54. The van der Waals surface area contributed by atoms with Gasteiger partial charge >= 0.3 is 5.97 Å². The van der Waals surface area contributed by atoms with Crippen LogP contribution in [-0.2, 0) is 14.4 Å². The van der Waals surface area contributed by atoms with Gasteiger partial charge in [-0.05, 0) is 26.2 Å². The highest BCUT2D eigenvalue weighted by atomic mass is 32.2. The highest BCUT2D eigenvalue weighted by molar-refractivity contribution is 7.99. The standard InChI is InChI=1S/C15H24N2O4S/c1-3-10(2)16-13(19)11-8-22-9-17(11)12(18)7-15(14(20)21)5-4-6-15/h10-11H,3-9H2,1-2H3,(H,16,19)(H,20,21). The van der Waals surface area contributed by atoms with E-state index < -0.39 is 17.4 Å². The zero-order valence-electron chi connectivity index (χ0n) is 13.1. The van der Waals surface area contributed by atoms with Crippen LogP contribution in [0.1, 0.15) is 46.0 Å². The maximum atomic E-state index is 12.5. The zero-order valence-corrected chi connectivity index (χ0v) is 13.9. The summed E-state index contributed by atoms with van der Waals surface area (Å²) in [5.74, 6) is -0.192. The molecule has 2 unspecified atom stereocenters. The topological polar surface area (TPSA) is 86.7 Å². The van der Waals surface area contributed by atoms with Gasteiger partial charge in [0.1, 0.15) is 6.04 Å². The minimum Gasteiger partial charge on any atom is -0.481 e. The van der Waals surface area contributed by atoms with Gasteiger partial charge in [0.05, 0.1) is 11.3 Å². The Kier molecular flexibility index (Phi) is 5.36. The normalized spacial score (nSPS) is 24.5. The number of thioether (sulfide) groups is 1. The second-order valence-electron chi connectivity index (χ2n) is 6.31. The smallest absolute Gasteiger partial charge is 0.310 e. The van der Waals surface area contributed by atoms with Crippen LogP contribution in [0.5, 0.6) is 0 Å². The molecular formula is C15H24N2O4S. The molecule has 1 saturated heterocycles. The van der Waals surface area contributed by atoms with Crippen molar-refractivity contribution in [1.29, 1.82) is 0 Å². The quantitative estimate of drug-likeness (QED) is 0.770. The number of carbonyl (C=O) groups is 3. The predicted octanol–water partition coefficient (Wildman–Crippen LogP) is 1.45. The maximum Gasteiger partial charge on any atom is 0.310 e. The molecule has 0 spiro atoms. The van der Waals surface area contributed by atoms with Crippen molar-refractivity contribution in [1.82, 2.24) is 10.2 Å². The van der Waals surface area contributed by atoms with Crippen molar-refractivity contribution >= 4 is 29.5 Å². The van der Waals surface area contributed by atoms with E-state index in [1.54, 1.807) is 4.90 Å². The molecule has 2 aliphatic rings. The van der Waals surface area contributed by atoms with Crippen molar-refractivity contribution in [2.75, 3.05) is 11.6 Å². The lowest BCUT2D eigenvalue weighted by molar-refractivity contribution is -0.160. The first-order valence-electron chi connectivity index (χ1n) is 7.80. The molecule has 2 fully saturated rings. The molecule has 1 aliphatic heterocycles. The Morgan fingerprint density at radius 3 is 2.59 bits per heavy atom. The lowest BCUT2D eigenvalue weighted by atomic mass is 9.66. The summed E-state index contributed by atoms with van der Waals surface area (Å²) < 4.78 is 0. The molecule has 1 saturated carbocycles. The monoisotopic (exact) mass is 328 g/mol. The molecule has 0 aromatic rings. The first-order chi connectivity index (χ1) is 10.4. The summed E-state index contributed by atoms with van der Waals surface area (Å²) in [6.45, 7) is 3.92. The number of carboxylic acids is 1. The zero-order chi connectivity index (χ0) is 16.3. The largest absolute Gasteiger partial charge is 0.481 e. The summed E-state index contributed by atoms with van der Waals surface area (Å²) in [7, 11) is 0. The molecule has 7 heteroatoms. The summed E-state index contributed by atoms with van der Waals surface area (Å²) in [6.07, 6.45) is 2.81. The average molecular weight is 328 g/mol. The van der Waals surface area contributed by atoms with Crippen LogP contribution in [0.2, 0.25) is 0 Å². The van der Waals surface area contributed by atoms with E-state index >= 15 is 0 Å². The average Bonchev–Trinajstić information content (AvgIpc) is 2.91. The number of carboxylic acid groups (broad SMARTS) is 1. The predicted molar refractivity (Wildman–Crippen MR) is 84.4 cm³/mol. The van der Waals surface area contributed by atoms with Crippen LogP contribution in [-0.4, -0.2) is 51.5 Å². The third-order valence-corrected chi connectivity index (χ3v) is 5.77. The number of hydrogen-bond donors (Lipinski definition) is 2. The number of carbonyl (C=O) groups excluding carboxylic acids is 2. The molecule has 2 N–H and O–H groups in total. The van der Waals surface area contributed by atoms with Gasteiger partial charge in [-0.1, -0.05) is 13.3 Å². The molecule has 2 amide bonds. The van der Waals surface area contributed by atoms with Crippen LogP contribution in [0.3, 0.4) is 0 Å². The number of amides is 2. The highest BCUT2D eigenvalue weighted by Gasteiger charge is 2.48. The van der Waals surface area contributed by atoms with Gasteiger partial charge in [0, 0.05) is 18.2 Å². The summed E-state index contributed by atoms with van der Waals surface area (Å²) in [4.78, 5) is 37.7. The molecular weight excluding hydrogens is 304 g/mol. The molecule has 0 bridgehead atoms. The third kappa shape index (κ3) is 3.39. The van der Waals surface area contributed by atoms with E-state index in [9.17, 15) is 19.5 Å². The molecule has 0 radical (unpaired) electrons. The Morgan fingerprint density at radius 2 is 2.09 bits per heavy atom. The van der Waals surface area contributed by atoms with Crippen LogP contribution < -0.4 is 5.32 Å². The van der Waals surface area contributed by atoms with Crippen molar-refractivity contribution in [3.05, 3.63) is 0 Å². The van der Waals surface area contributed by atoms with E-state index in [0.717, 1.165) is 12.8 Å². The number of nitrogens with zero attached hydrogens (tertiary/aromatic N) is 1. The second-order valence-corrected chi connectivity index (χ2v) is 7.31. The van der Waals surface area contributed by atoms with Crippen molar-refractivity contribution in [3.63, 3.8) is 0 Å². The van der Waals surface area contributed by atoms with Crippen LogP contribution in [0.25, 0.3) is 0 Å². The number of rotatable bonds is 6. The van der Waals surface area contributed by atoms with Crippen molar-refractivity contribution in [3.8, 4) is 0 Å². The van der Waals surface area contributed by atoms with Gasteiger partial charge in [-0.15, -0.1) is 11.8 Å². The van der Waals surface area contributed by atoms with Gasteiger partial charge in [-0.25, -0.2) is 0 Å². The molecule has 6 nitrogen and oxygen atoms in total. The lowest BCUT2D eigenvalue weighted by Gasteiger charge is -2.38. The minimum atomic E-state index is -0.901. The Morgan fingerprint density at radius 1 is 1.41 bits per heavy atom. The molecule has 0 aromatic heterocycles. The molecule has 1 heterocycles. The molecule has 0 aromatic carbocycles. The van der Waals surface area contributed by atoms with Crippen molar-refractivity contribution < 1.29 is 19.5 Å². The van der Waals surface area contributed by atoms with Crippen LogP contribution in [0.15, 0.2) is 0 Å². The Hall–Kier alpha value is -1.24.